The first-order valence-corrected chi connectivity index (χ1v) is 33.6. The fourth-order valence-electron chi connectivity index (χ4n) is 8.61. The number of nitrogens with one attached hydrogen (secondary N) is 8. The number of anilines is 4. The van der Waals surface area contributed by atoms with Crippen molar-refractivity contribution in [1.29, 1.82) is 0 Å². The van der Waals surface area contributed by atoms with Crippen LogP contribution >= 0.6 is 103 Å². The molecule has 0 amide bonds. The Hall–Kier alpha value is -8.31. The van der Waals surface area contributed by atoms with Crippen molar-refractivity contribution in [2.75, 3.05) is 47.7 Å². The Morgan fingerprint density at radius 2 is 1.01 bits per heavy atom. The van der Waals surface area contributed by atoms with Crippen LogP contribution in [0.1, 0.15) is 57.6 Å². The fourth-order valence-corrected chi connectivity index (χ4v) is 12.0. The van der Waals surface area contributed by atoms with Gasteiger partial charge in [-0.2, -0.15) is 54.8 Å². The number of H-pyrrole nitrogens is 4. The number of aromatic nitrogens is 21. The lowest BCUT2D eigenvalue weighted by atomic mass is 10.2. The number of halogens is 6. The number of thiazole rings is 5. The van der Waals surface area contributed by atoms with Crippen LogP contribution in [-0.4, -0.2) is 143 Å². The van der Waals surface area contributed by atoms with E-state index in [-0.39, 0.29) is 50.8 Å². The van der Waals surface area contributed by atoms with Gasteiger partial charge in [-0.05, 0) is 65.7 Å². The van der Waals surface area contributed by atoms with E-state index in [9.17, 15) is 13.6 Å². The molecule has 2 saturated heterocycles. The van der Waals surface area contributed by atoms with Gasteiger partial charge in [-0.15, -0.1) is 56.7 Å². The maximum Gasteiger partial charge on any atom is 0.329 e. The second-order valence-electron chi connectivity index (χ2n) is 19.1. The van der Waals surface area contributed by atoms with Crippen LogP contribution in [0.15, 0.2) is 62.0 Å². The summed E-state index contributed by atoms with van der Waals surface area (Å²) in [6.45, 7) is 3.47. The van der Waals surface area contributed by atoms with Gasteiger partial charge in [0.2, 0.25) is 21.1 Å². The van der Waals surface area contributed by atoms with Gasteiger partial charge in [-0.3, -0.25) is 0 Å². The zero-order valence-electron chi connectivity index (χ0n) is 47.6. The van der Waals surface area contributed by atoms with E-state index in [0.717, 1.165) is 58.0 Å². The topological polar surface area (TPSA) is 386 Å². The average molecular weight is 1450 g/mol. The minimum absolute atomic E-state index is 0.0129. The van der Waals surface area contributed by atoms with Crippen LogP contribution in [0.25, 0.3) is 44.7 Å². The molecule has 0 spiro atoms. The van der Waals surface area contributed by atoms with Crippen molar-refractivity contribution in [3.8, 4) is 18.0 Å². The molecule has 0 aromatic carbocycles. The van der Waals surface area contributed by atoms with Crippen molar-refractivity contribution in [3.63, 3.8) is 0 Å². The number of fused-ring (bicyclic) bond motifs is 4. The van der Waals surface area contributed by atoms with Gasteiger partial charge >= 0.3 is 5.69 Å². The summed E-state index contributed by atoms with van der Waals surface area (Å²) in [4.78, 5) is 90.6. The first-order chi connectivity index (χ1) is 45.4. The van der Waals surface area contributed by atoms with Gasteiger partial charge < -0.3 is 64.9 Å². The largest absolute Gasteiger partial charge is 0.462 e. The van der Waals surface area contributed by atoms with Gasteiger partial charge in [0.15, 0.2) is 52.5 Å². The predicted octanol–water partition coefficient (Wildman–Crippen LogP) is 10.6. The van der Waals surface area contributed by atoms with Crippen LogP contribution in [0, 0.1) is 0 Å². The summed E-state index contributed by atoms with van der Waals surface area (Å²) in [5.74, 6) is 1.99. The number of alkyl halides is 2. The second-order valence-corrected chi connectivity index (χ2v) is 25.1. The van der Waals surface area contributed by atoms with Gasteiger partial charge in [0, 0.05) is 71.3 Å². The molecule has 13 aromatic rings. The molecule has 42 heteroatoms. The minimum atomic E-state index is -2.59. The Labute approximate surface area is 561 Å². The summed E-state index contributed by atoms with van der Waals surface area (Å²) in [6, 6.07) is 0.653. The normalized spacial score (nSPS) is 14.4. The van der Waals surface area contributed by atoms with Crippen LogP contribution in [0.3, 0.4) is 0 Å². The molecule has 0 radical (unpaired) electrons. The van der Waals surface area contributed by atoms with Crippen LogP contribution in [0.4, 0.5) is 32.1 Å². The second kappa shape index (κ2) is 31.1. The third kappa shape index (κ3) is 17.3. The van der Waals surface area contributed by atoms with Crippen molar-refractivity contribution >= 4 is 171 Å². The Bertz CT molecular complexity index is 4560. The van der Waals surface area contributed by atoms with E-state index >= 15 is 0 Å². The van der Waals surface area contributed by atoms with E-state index in [2.05, 4.69) is 121 Å². The Kier molecular flexibility index (Phi) is 21.6. The number of hydrogen-bond acceptors (Lipinski definition) is 31. The zero-order chi connectivity index (χ0) is 64.0. The number of aromatic amines is 4. The van der Waals surface area contributed by atoms with E-state index in [1.807, 2.05) is 26.9 Å². The lowest BCUT2D eigenvalue weighted by Gasteiger charge is -2.25. The SMILES string of the molecule is Clc1nc(NCc2nccs2)c2[nH]c(OCC3CCO3)nc2n1.Clc1nc(NCc2nccs2)c2[nH]c(OCc3cscn3)nc2n1.FC(F)COc1nc2nc(Cl)nc(NCc3nccs3)c2[nH]1.O=c1[nH]c2c(NCc3nccs3)nc(Cl)nc2n1C1CCCCO1. The van der Waals surface area contributed by atoms with Gasteiger partial charge in [-0.25, -0.2) is 43.1 Å². The smallest absolute Gasteiger partial charge is 0.329 e. The van der Waals surface area contributed by atoms with E-state index in [0.29, 0.717) is 120 Å². The number of imidazole rings is 4. The molecule has 2 aliphatic rings. The maximum absolute atomic E-state index is 12.4. The Balaban J connectivity index is 0.000000119. The molecule has 2 unspecified atom stereocenters. The Morgan fingerprint density at radius 3 is 1.42 bits per heavy atom. The maximum atomic E-state index is 12.4. The summed E-state index contributed by atoms with van der Waals surface area (Å²) < 4.78 is 52.9. The molecule has 484 valence electrons. The van der Waals surface area contributed by atoms with Crippen molar-refractivity contribution in [1.82, 2.24) is 104 Å². The number of ether oxygens (including phenoxy) is 5. The summed E-state index contributed by atoms with van der Waals surface area (Å²) in [5.41, 5.74) is 6.11. The molecule has 8 N–H and O–H groups in total. The van der Waals surface area contributed by atoms with Gasteiger partial charge in [0.1, 0.15) is 61.5 Å². The van der Waals surface area contributed by atoms with Gasteiger partial charge in [0.05, 0.1) is 43.5 Å². The lowest BCUT2D eigenvalue weighted by Crippen LogP contribution is -2.32. The molecule has 0 bridgehead atoms. The van der Waals surface area contributed by atoms with Crippen LogP contribution in [0.2, 0.25) is 21.1 Å². The van der Waals surface area contributed by atoms with Crippen LogP contribution < -0.4 is 41.2 Å². The molecule has 15 heterocycles. The van der Waals surface area contributed by atoms with Crippen molar-refractivity contribution in [2.45, 2.75) is 77.2 Å². The van der Waals surface area contributed by atoms with E-state index < -0.39 is 13.0 Å². The first-order valence-electron chi connectivity index (χ1n) is 27.6. The standard InChI is InChI=1S/C14H15ClN6O2S.C13H10ClN7OS2.C13H13ClN6O2S.C11H9ClF2N6OS/c15-13-19-11(17-7-8-16-4-6-24-8)10-12(20-13)21(14(22)18-10)9-3-1-2-5-23-9;14-12-19-10(16-3-8-15-1-2-24-8)9-11(20-12)21-13(18-9)22-4-7-5-23-6-17-7;14-12-18-10(16-5-8-15-2-4-23-8)9-11(19-12)20-13(17-9)22-6-7-1-3-21-7;12-10-18-8(16-3-6-15-1-2-22-6)7-9(19-10)20-11(17-7)21-4-5(13)14/h4,6,9H,1-3,5,7H2,(H,18,22)(H,17,19,20);1-2,5-6H,3-4H2,(H2,16,18,19,20,21);2,4,7H,1,3,5-6H2,(H2,16,17,18,19,20);1-2,5H,3-4H2,(H2,16,17,18,19,20). The van der Waals surface area contributed by atoms with Crippen molar-refractivity contribution in [2.24, 2.45) is 0 Å². The molecule has 0 saturated carbocycles. The van der Waals surface area contributed by atoms with E-state index in [1.165, 1.54) is 38.6 Å². The number of rotatable bonds is 22. The van der Waals surface area contributed by atoms with Crippen LogP contribution in [0.5, 0.6) is 18.0 Å². The fraction of sp³-hybridized carbons (Fsp3) is 0.314. The highest BCUT2D eigenvalue weighted by molar-refractivity contribution is 7.10. The van der Waals surface area contributed by atoms with E-state index in [1.54, 1.807) is 53.0 Å². The lowest BCUT2D eigenvalue weighted by molar-refractivity contribution is -0.0732. The third-order valence-electron chi connectivity index (χ3n) is 12.8. The highest BCUT2D eigenvalue weighted by Gasteiger charge is 2.25. The molecule has 31 nitrogen and oxygen atoms in total. The quantitative estimate of drug-likeness (QED) is 0.0292. The van der Waals surface area contributed by atoms with E-state index in [4.69, 9.17) is 70.1 Å². The molecule has 15 rings (SSSR count). The van der Waals surface area contributed by atoms with Crippen molar-refractivity contribution in [3.05, 3.63) is 115 Å². The first kappa shape index (κ1) is 64.8. The summed E-state index contributed by atoms with van der Waals surface area (Å²) in [7, 11) is 0. The molecule has 2 fully saturated rings. The average Bonchev–Trinajstić information content (AvgIpc) is 1.68. The molecular weight excluding hydrogens is 1400 g/mol. The highest BCUT2D eigenvalue weighted by atomic mass is 35.5. The third-order valence-corrected chi connectivity index (χ3v) is 17.3. The number of nitrogens with zero attached hydrogens (tertiary/aromatic N) is 17. The highest BCUT2D eigenvalue weighted by Crippen LogP contribution is 2.30. The zero-order valence-corrected chi connectivity index (χ0v) is 54.7. The molecular formula is C51H47Cl4F2N25O6S5. The molecule has 93 heavy (non-hydrogen) atoms. The molecule has 2 aliphatic heterocycles. The summed E-state index contributed by atoms with van der Waals surface area (Å²) in [6.07, 6.45) is 7.97. The van der Waals surface area contributed by atoms with Crippen LogP contribution in [-0.2, 0) is 42.3 Å². The molecule has 13 aromatic heterocycles. The molecule has 2 atom stereocenters. The number of hydrogen-bond donors (Lipinski definition) is 8. The van der Waals surface area contributed by atoms with Gasteiger partial charge in [-0.1, -0.05) is 0 Å². The molecule has 0 aliphatic carbocycles. The minimum Gasteiger partial charge on any atom is -0.462 e. The predicted molar refractivity (Wildman–Crippen MR) is 348 cm³/mol. The summed E-state index contributed by atoms with van der Waals surface area (Å²) in [5, 5.41) is 26.1. The van der Waals surface area contributed by atoms with Gasteiger partial charge in [0.25, 0.3) is 24.5 Å². The Morgan fingerprint density at radius 1 is 0.548 bits per heavy atom. The monoisotopic (exact) mass is 1440 g/mol. The summed E-state index contributed by atoms with van der Waals surface area (Å²) >= 11 is 31.5. The van der Waals surface area contributed by atoms with Crippen molar-refractivity contribution < 1.29 is 32.5 Å².